The molecule has 3 aromatic rings. The third kappa shape index (κ3) is 2.55. The molecule has 0 aliphatic heterocycles. The predicted octanol–water partition coefficient (Wildman–Crippen LogP) is 4.23. The second kappa shape index (κ2) is 5.26. The Bertz CT molecular complexity index is 767. The standard InChI is InChI=1S/C14H9BrClN3O/c15-9-6-5-8(7-10(9)16)13(20)19-14-17-11-3-1-2-4-12(11)18-14/h1-7H,(H2,17,18,19,20). The number of benzene rings is 2. The third-order valence-corrected chi connectivity index (χ3v) is 4.04. The zero-order valence-electron chi connectivity index (χ0n) is 10.2. The average Bonchev–Trinajstić information content (AvgIpc) is 2.83. The lowest BCUT2D eigenvalue weighted by Gasteiger charge is -2.03. The van der Waals surface area contributed by atoms with Crippen molar-refractivity contribution in [1.82, 2.24) is 9.97 Å². The van der Waals surface area contributed by atoms with E-state index in [4.69, 9.17) is 11.6 Å². The highest BCUT2D eigenvalue weighted by molar-refractivity contribution is 9.10. The zero-order valence-corrected chi connectivity index (χ0v) is 12.5. The van der Waals surface area contributed by atoms with Gasteiger partial charge in [-0.05, 0) is 46.3 Å². The third-order valence-electron chi connectivity index (χ3n) is 2.80. The summed E-state index contributed by atoms with van der Waals surface area (Å²) < 4.78 is 0.749. The zero-order chi connectivity index (χ0) is 14.1. The number of nitrogens with one attached hydrogen (secondary N) is 2. The SMILES string of the molecule is O=C(Nc1nc2ccccc2[nH]1)c1ccc(Br)c(Cl)c1. The van der Waals surface area contributed by atoms with Gasteiger partial charge in [0.1, 0.15) is 0 Å². The van der Waals surface area contributed by atoms with Crippen LogP contribution in [0.5, 0.6) is 0 Å². The Hall–Kier alpha value is -1.85. The molecule has 3 rings (SSSR count). The van der Waals surface area contributed by atoms with Crippen LogP contribution in [0.15, 0.2) is 46.9 Å². The normalized spacial score (nSPS) is 10.7. The fourth-order valence-corrected chi connectivity index (χ4v) is 2.26. The number of fused-ring (bicyclic) bond motifs is 1. The highest BCUT2D eigenvalue weighted by Crippen LogP contribution is 2.23. The molecule has 1 aromatic heterocycles. The number of aromatic nitrogens is 2. The van der Waals surface area contributed by atoms with Gasteiger partial charge < -0.3 is 4.98 Å². The number of anilines is 1. The fraction of sp³-hybridized carbons (Fsp3) is 0. The minimum absolute atomic E-state index is 0.265. The molecule has 2 aromatic carbocycles. The van der Waals surface area contributed by atoms with Crippen LogP contribution in [0, 0.1) is 0 Å². The molecule has 0 saturated heterocycles. The van der Waals surface area contributed by atoms with Crippen LogP contribution < -0.4 is 5.32 Å². The van der Waals surface area contributed by atoms with Gasteiger partial charge in [-0.1, -0.05) is 23.7 Å². The van der Waals surface area contributed by atoms with Crippen molar-refractivity contribution in [2.24, 2.45) is 0 Å². The van der Waals surface area contributed by atoms with Crippen LogP contribution in [-0.4, -0.2) is 15.9 Å². The predicted molar refractivity (Wildman–Crippen MR) is 83.2 cm³/mol. The molecule has 0 bridgehead atoms. The summed E-state index contributed by atoms with van der Waals surface area (Å²) in [6.45, 7) is 0. The minimum Gasteiger partial charge on any atom is -0.324 e. The Balaban J connectivity index is 1.86. The van der Waals surface area contributed by atoms with E-state index in [-0.39, 0.29) is 5.91 Å². The summed E-state index contributed by atoms with van der Waals surface area (Å²) >= 11 is 9.26. The van der Waals surface area contributed by atoms with E-state index in [9.17, 15) is 4.79 Å². The Morgan fingerprint density at radius 3 is 2.80 bits per heavy atom. The van der Waals surface area contributed by atoms with Crippen molar-refractivity contribution in [3.63, 3.8) is 0 Å². The van der Waals surface area contributed by atoms with E-state index in [0.29, 0.717) is 16.5 Å². The maximum atomic E-state index is 12.1. The van der Waals surface area contributed by atoms with Crippen molar-refractivity contribution in [2.75, 3.05) is 5.32 Å². The maximum absolute atomic E-state index is 12.1. The van der Waals surface area contributed by atoms with Gasteiger partial charge in [0.25, 0.3) is 5.91 Å². The van der Waals surface area contributed by atoms with Crippen LogP contribution in [0.1, 0.15) is 10.4 Å². The molecular weight excluding hydrogens is 342 g/mol. The van der Waals surface area contributed by atoms with Gasteiger partial charge in [0.05, 0.1) is 16.1 Å². The molecular formula is C14H9BrClN3O. The van der Waals surface area contributed by atoms with Crippen molar-refractivity contribution >= 4 is 50.4 Å². The van der Waals surface area contributed by atoms with Crippen LogP contribution in [0.25, 0.3) is 11.0 Å². The Morgan fingerprint density at radius 2 is 2.05 bits per heavy atom. The van der Waals surface area contributed by atoms with E-state index in [2.05, 4.69) is 31.2 Å². The largest absolute Gasteiger partial charge is 0.324 e. The van der Waals surface area contributed by atoms with Crippen molar-refractivity contribution in [2.45, 2.75) is 0 Å². The number of carbonyl (C=O) groups excluding carboxylic acids is 1. The van der Waals surface area contributed by atoms with Gasteiger partial charge in [-0.15, -0.1) is 0 Å². The molecule has 0 radical (unpaired) electrons. The van der Waals surface area contributed by atoms with Crippen molar-refractivity contribution in [3.8, 4) is 0 Å². The summed E-state index contributed by atoms with van der Waals surface area (Å²) in [6.07, 6.45) is 0. The van der Waals surface area contributed by atoms with E-state index < -0.39 is 0 Å². The molecule has 4 nitrogen and oxygen atoms in total. The van der Waals surface area contributed by atoms with Gasteiger partial charge in [0.15, 0.2) is 0 Å². The molecule has 0 aliphatic carbocycles. The van der Waals surface area contributed by atoms with Crippen LogP contribution in [-0.2, 0) is 0 Å². The smallest absolute Gasteiger partial charge is 0.258 e. The van der Waals surface area contributed by atoms with Gasteiger partial charge in [-0.3, -0.25) is 10.1 Å². The molecule has 1 heterocycles. The van der Waals surface area contributed by atoms with Gasteiger partial charge in [-0.2, -0.15) is 0 Å². The summed E-state index contributed by atoms with van der Waals surface area (Å²) in [5.74, 6) is 0.147. The van der Waals surface area contributed by atoms with Gasteiger partial charge >= 0.3 is 0 Å². The lowest BCUT2D eigenvalue weighted by molar-refractivity contribution is 0.102. The molecule has 6 heteroatoms. The van der Waals surface area contributed by atoms with E-state index in [1.165, 1.54) is 0 Å². The van der Waals surface area contributed by atoms with Crippen molar-refractivity contribution in [1.29, 1.82) is 0 Å². The van der Waals surface area contributed by atoms with Gasteiger partial charge in [0.2, 0.25) is 5.95 Å². The lowest BCUT2D eigenvalue weighted by atomic mass is 10.2. The van der Waals surface area contributed by atoms with Gasteiger partial charge in [0, 0.05) is 10.0 Å². The number of halogens is 2. The molecule has 0 fully saturated rings. The molecule has 0 saturated carbocycles. The molecule has 20 heavy (non-hydrogen) atoms. The number of H-pyrrole nitrogens is 1. The minimum atomic E-state index is -0.265. The van der Waals surface area contributed by atoms with E-state index >= 15 is 0 Å². The lowest BCUT2D eigenvalue weighted by Crippen LogP contribution is -2.12. The average molecular weight is 351 g/mol. The molecule has 100 valence electrons. The summed E-state index contributed by atoms with van der Waals surface area (Å²) in [5.41, 5.74) is 2.15. The van der Waals surface area contributed by atoms with Crippen molar-refractivity contribution < 1.29 is 4.79 Å². The highest BCUT2D eigenvalue weighted by atomic mass is 79.9. The number of carbonyl (C=O) groups is 1. The number of rotatable bonds is 2. The Kier molecular flexibility index (Phi) is 3.46. The number of amides is 1. The van der Waals surface area contributed by atoms with Crippen LogP contribution in [0.2, 0.25) is 5.02 Å². The first-order valence-electron chi connectivity index (χ1n) is 5.84. The maximum Gasteiger partial charge on any atom is 0.258 e. The molecule has 2 N–H and O–H groups in total. The second-order valence-corrected chi connectivity index (χ2v) is 5.45. The number of hydrogen-bond acceptors (Lipinski definition) is 2. The second-order valence-electron chi connectivity index (χ2n) is 4.19. The van der Waals surface area contributed by atoms with Crippen LogP contribution in [0.4, 0.5) is 5.95 Å². The fourth-order valence-electron chi connectivity index (χ4n) is 1.83. The summed E-state index contributed by atoms with van der Waals surface area (Å²) in [4.78, 5) is 19.4. The summed E-state index contributed by atoms with van der Waals surface area (Å²) in [6, 6.07) is 12.6. The number of imidazole rings is 1. The monoisotopic (exact) mass is 349 g/mol. The van der Waals surface area contributed by atoms with Crippen LogP contribution >= 0.6 is 27.5 Å². The van der Waals surface area contributed by atoms with E-state index in [0.717, 1.165) is 15.5 Å². The van der Waals surface area contributed by atoms with E-state index in [1.54, 1.807) is 18.2 Å². The number of hydrogen-bond donors (Lipinski definition) is 2. The number of nitrogens with zero attached hydrogens (tertiary/aromatic N) is 1. The first-order valence-corrected chi connectivity index (χ1v) is 7.02. The first-order chi connectivity index (χ1) is 9.63. The first kappa shape index (κ1) is 13.1. The molecule has 1 amide bonds. The molecule has 0 aliphatic rings. The quantitative estimate of drug-likeness (QED) is 0.726. The summed E-state index contributed by atoms with van der Waals surface area (Å²) in [5, 5.41) is 3.20. The highest BCUT2D eigenvalue weighted by Gasteiger charge is 2.10. The number of aromatic amines is 1. The Morgan fingerprint density at radius 1 is 1.25 bits per heavy atom. The van der Waals surface area contributed by atoms with E-state index in [1.807, 2.05) is 24.3 Å². The van der Waals surface area contributed by atoms with Crippen LogP contribution in [0.3, 0.4) is 0 Å². The summed E-state index contributed by atoms with van der Waals surface area (Å²) in [7, 11) is 0. The number of para-hydroxylation sites is 2. The Labute approximate surface area is 128 Å². The topological polar surface area (TPSA) is 57.8 Å². The molecule has 0 unspecified atom stereocenters. The van der Waals surface area contributed by atoms with Gasteiger partial charge in [-0.25, -0.2) is 4.98 Å². The van der Waals surface area contributed by atoms with Crippen molar-refractivity contribution in [3.05, 3.63) is 57.5 Å². The molecule has 0 spiro atoms. The molecule has 0 atom stereocenters.